The van der Waals surface area contributed by atoms with Gasteiger partial charge in [0.1, 0.15) is 4.90 Å². The molecule has 0 unspecified atom stereocenters. The Morgan fingerprint density at radius 3 is 2.83 bits per heavy atom. The molecule has 0 aromatic carbocycles. The van der Waals surface area contributed by atoms with Gasteiger partial charge in [-0.2, -0.15) is 5.10 Å². The van der Waals surface area contributed by atoms with E-state index in [0.29, 0.717) is 19.4 Å². The van der Waals surface area contributed by atoms with Gasteiger partial charge in [0, 0.05) is 18.8 Å². The number of nitrogens with zero attached hydrogens (tertiary/aromatic N) is 2. The molecule has 7 nitrogen and oxygen atoms in total. The van der Waals surface area contributed by atoms with E-state index in [-0.39, 0.29) is 16.8 Å². The number of nitrogens with one attached hydrogen (secondary N) is 1. The van der Waals surface area contributed by atoms with Crippen molar-refractivity contribution in [3.8, 4) is 0 Å². The Kier molecular flexibility index (Phi) is 3.60. The molecule has 18 heavy (non-hydrogen) atoms. The quantitative estimate of drug-likeness (QED) is 0.681. The van der Waals surface area contributed by atoms with E-state index in [1.165, 1.54) is 10.9 Å². The molecule has 1 heterocycles. The third-order valence-corrected chi connectivity index (χ3v) is 4.47. The van der Waals surface area contributed by atoms with E-state index in [2.05, 4.69) is 9.82 Å². The molecule has 0 amide bonds. The molecular weight excluding hydrogens is 256 g/mol. The Balaban J connectivity index is 2.13. The molecule has 1 aliphatic rings. The molecule has 1 saturated carbocycles. The topological polar surface area (TPSA) is 110 Å². The fourth-order valence-electron chi connectivity index (χ4n) is 1.94. The fraction of sp³-hybridized carbons (Fsp3) is 0.700. The van der Waals surface area contributed by atoms with E-state index in [9.17, 15) is 8.42 Å². The zero-order valence-electron chi connectivity index (χ0n) is 10.2. The van der Waals surface area contributed by atoms with E-state index in [4.69, 9.17) is 10.8 Å². The highest BCUT2D eigenvalue weighted by molar-refractivity contribution is 7.89. The van der Waals surface area contributed by atoms with Crippen LogP contribution in [0, 0.1) is 0 Å². The number of hydrogen-bond donors (Lipinski definition) is 3. The predicted molar refractivity (Wildman–Crippen MR) is 66.3 cm³/mol. The lowest BCUT2D eigenvalue weighted by Gasteiger charge is -2.31. The summed E-state index contributed by atoms with van der Waals surface area (Å²) in [5, 5.41) is 13.1. The third-order valence-electron chi connectivity index (χ3n) is 2.93. The van der Waals surface area contributed by atoms with E-state index in [1.54, 1.807) is 0 Å². The van der Waals surface area contributed by atoms with Gasteiger partial charge < -0.3 is 10.8 Å². The lowest BCUT2D eigenvalue weighted by atomic mass is 9.91. The molecule has 2 rings (SSSR count). The SMILES string of the molecule is CCCn1cc(S(=O)(=O)NC2CC(O)C2)c(N)n1. The van der Waals surface area contributed by atoms with Gasteiger partial charge in [0.25, 0.3) is 0 Å². The van der Waals surface area contributed by atoms with Crippen LogP contribution in [-0.2, 0) is 16.6 Å². The van der Waals surface area contributed by atoms with E-state index < -0.39 is 16.1 Å². The van der Waals surface area contributed by atoms with Crippen molar-refractivity contribution in [2.75, 3.05) is 5.73 Å². The lowest BCUT2D eigenvalue weighted by molar-refractivity contribution is 0.0712. The second kappa shape index (κ2) is 4.87. The molecule has 4 N–H and O–H groups in total. The predicted octanol–water partition coefficient (Wildman–Crippen LogP) is -0.323. The number of hydrogen-bond acceptors (Lipinski definition) is 5. The molecule has 1 aliphatic carbocycles. The summed E-state index contributed by atoms with van der Waals surface area (Å²) in [6.45, 7) is 2.60. The highest BCUT2D eigenvalue weighted by atomic mass is 32.2. The normalized spacial score (nSPS) is 23.9. The molecule has 1 aromatic rings. The second-order valence-corrected chi connectivity index (χ2v) is 6.27. The summed E-state index contributed by atoms with van der Waals surface area (Å²) in [5.74, 6) is 0.0100. The van der Waals surface area contributed by atoms with Crippen molar-refractivity contribution in [2.24, 2.45) is 0 Å². The molecule has 1 fully saturated rings. The Morgan fingerprint density at radius 1 is 1.61 bits per heavy atom. The molecule has 0 spiro atoms. The van der Waals surface area contributed by atoms with Gasteiger partial charge in [0.15, 0.2) is 5.82 Å². The molecule has 0 radical (unpaired) electrons. The Labute approximate surface area is 106 Å². The standard InChI is InChI=1S/C10H18N4O3S/c1-2-3-14-6-9(10(11)12-14)18(16,17)13-7-4-8(15)5-7/h6-8,13,15H,2-5H2,1H3,(H2,11,12). The smallest absolute Gasteiger partial charge is 0.246 e. The Bertz CT molecular complexity index is 519. The summed E-state index contributed by atoms with van der Waals surface area (Å²) in [7, 11) is -3.64. The number of nitrogens with two attached hydrogens (primary N) is 1. The van der Waals surface area contributed by atoms with Crippen molar-refractivity contribution in [3.63, 3.8) is 0 Å². The molecule has 102 valence electrons. The van der Waals surface area contributed by atoms with Gasteiger partial charge in [-0.15, -0.1) is 0 Å². The first kappa shape index (κ1) is 13.3. The minimum atomic E-state index is -3.64. The first-order chi connectivity index (χ1) is 8.42. The summed E-state index contributed by atoms with van der Waals surface area (Å²) in [5.41, 5.74) is 5.62. The lowest BCUT2D eigenvalue weighted by Crippen LogP contribution is -2.46. The van der Waals surface area contributed by atoms with Crippen LogP contribution in [0.4, 0.5) is 5.82 Å². The van der Waals surface area contributed by atoms with Crippen molar-refractivity contribution in [1.29, 1.82) is 0 Å². The van der Waals surface area contributed by atoms with Gasteiger partial charge in [-0.25, -0.2) is 13.1 Å². The van der Waals surface area contributed by atoms with Crippen molar-refractivity contribution in [2.45, 2.75) is 49.8 Å². The van der Waals surface area contributed by atoms with Crippen molar-refractivity contribution in [1.82, 2.24) is 14.5 Å². The van der Waals surface area contributed by atoms with Crippen LogP contribution >= 0.6 is 0 Å². The van der Waals surface area contributed by atoms with Crippen LogP contribution in [0.1, 0.15) is 26.2 Å². The summed E-state index contributed by atoms with van der Waals surface area (Å²) in [4.78, 5) is 0.0114. The van der Waals surface area contributed by atoms with Gasteiger partial charge in [-0.3, -0.25) is 4.68 Å². The molecule has 0 bridgehead atoms. The van der Waals surface area contributed by atoms with Gasteiger partial charge >= 0.3 is 0 Å². The van der Waals surface area contributed by atoms with Crippen LogP contribution in [0.5, 0.6) is 0 Å². The molecule has 0 atom stereocenters. The Morgan fingerprint density at radius 2 is 2.28 bits per heavy atom. The number of aryl methyl sites for hydroxylation is 1. The van der Waals surface area contributed by atoms with E-state index >= 15 is 0 Å². The number of anilines is 1. The first-order valence-electron chi connectivity index (χ1n) is 5.95. The monoisotopic (exact) mass is 274 g/mol. The van der Waals surface area contributed by atoms with Gasteiger partial charge in [0.05, 0.1) is 6.10 Å². The average Bonchev–Trinajstić information content (AvgIpc) is 2.58. The maximum absolute atomic E-state index is 12.1. The highest BCUT2D eigenvalue weighted by Crippen LogP contribution is 2.23. The van der Waals surface area contributed by atoms with Crippen LogP contribution in [0.15, 0.2) is 11.1 Å². The average molecular weight is 274 g/mol. The van der Waals surface area contributed by atoms with Crippen LogP contribution in [0.3, 0.4) is 0 Å². The second-order valence-electron chi connectivity index (χ2n) is 4.59. The number of nitrogen functional groups attached to an aromatic ring is 1. The third kappa shape index (κ3) is 2.65. The van der Waals surface area contributed by atoms with Gasteiger partial charge in [0.2, 0.25) is 10.0 Å². The van der Waals surface area contributed by atoms with Crippen molar-refractivity contribution in [3.05, 3.63) is 6.20 Å². The molecule has 8 heteroatoms. The first-order valence-corrected chi connectivity index (χ1v) is 7.44. The minimum Gasteiger partial charge on any atom is -0.393 e. The van der Waals surface area contributed by atoms with Gasteiger partial charge in [-0.1, -0.05) is 6.92 Å². The van der Waals surface area contributed by atoms with Crippen LogP contribution < -0.4 is 10.5 Å². The largest absolute Gasteiger partial charge is 0.393 e. The summed E-state index contributed by atoms with van der Waals surface area (Å²) in [6, 6.07) is -0.209. The minimum absolute atomic E-state index is 0.0100. The van der Waals surface area contributed by atoms with Crippen LogP contribution in [-0.4, -0.2) is 35.5 Å². The highest BCUT2D eigenvalue weighted by Gasteiger charge is 2.32. The number of aliphatic hydroxyl groups excluding tert-OH is 1. The number of aliphatic hydroxyl groups is 1. The molecule has 0 aliphatic heterocycles. The maximum Gasteiger partial charge on any atom is 0.246 e. The van der Waals surface area contributed by atoms with Crippen molar-refractivity contribution >= 4 is 15.8 Å². The maximum atomic E-state index is 12.1. The van der Waals surface area contributed by atoms with Crippen LogP contribution in [0.2, 0.25) is 0 Å². The molecule has 1 aromatic heterocycles. The van der Waals surface area contributed by atoms with Crippen LogP contribution in [0.25, 0.3) is 0 Å². The summed E-state index contributed by atoms with van der Waals surface area (Å²) < 4.78 is 28.2. The van der Waals surface area contributed by atoms with Crippen molar-refractivity contribution < 1.29 is 13.5 Å². The van der Waals surface area contributed by atoms with Gasteiger partial charge in [-0.05, 0) is 19.3 Å². The summed E-state index contributed by atoms with van der Waals surface area (Å²) in [6.07, 6.45) is 2.78. The zero-order chi connectivity index (χ0) is 13.3. The molecule has 0 saturated heterocycles. The number of aromatic nitrogens is 2. The fourth-order valence-corrected chi connectivity index (χ4v) is 3.27. The molecular formula is C10H18N4O3S. The number of rotatable bonds is 5. The Hall–Kier alpha value is -1.12. The van der Waals surface area contributed by atoms with E-state index in [1.807, 2.05) is 6.92 Å². The van der Waals surface area contributed by atoms with E-state index in [0.717, 1.165) is 6.42 Å². The zero-order valence-corrected chi connectivity index (χ0v) is 11.0. The number of sulfonamides is 1. The summed E-state index contributed by atoms with van der Waals surface area (Å²) >= 11 is 0.